The quantitative estimate of drug-likeness (QED) is 0.842. The molecule has 1 N–H and O–H groups in total. The molecule has 4 heteroatoms. The van der Waals surface area contributed by atoms with E-state index in [9.17, 15) is 9.59 Å². The number of nitrogens with one attached hydrogen (secondary N) is 1. The van der Waals surface area contributed by atoms with Crippen molar-refractivity contribution < 1.29 is 9.59 Å². The summed E-state index contributed by atoms with van der Waals surface area (Å²) in [6, 6.07) is 15.8. The van der Waals surface area contributed by atoms with Gasteiger partial charge in [-0.3, -0.25) is 9.59 Å². The first-order chi connectivity index (χ1) is 13.7. The number of carbonyl (C=O) groups excluding carboxylic acids is 2. The summed E-state index contributed by atoms with van der Waals surface area (Å²) in [6.45, 7) is 1.59. The van der Waals surface area contributed by atoms with Gasteiger partial charge in [-0.25, -0.2) is 0 Å². The second kappa shape index (κ2) is 8.59. The molecule has 2 amide bonds. The summed E-state index contributed by atoms with van der Waals surface area (Å²) in [4.78, 5) is 27.6. The van der Waals surface area contributed by atoms with Crippen molar-refractivity contribution in [3.63, 3.8) is 0 Å². The zero-order chi connectivity index (χ0) is 19.3. The highest BCUT2D eigenvalue weighted by atomic mass is 16.2. The first-order valence-electron chi connectivity index (χ1n) is 10.4. The number of carbonyl (C=O) groups is 2. The molecule has 4 rings (SSSR count). The predicted octanol–water partition coefficient (Wildman–Crippen LogP) is 3.07. The van der Waals surface area contributed by atoms with Gasteiger partial charge in [0.1, 0.15) is 6.04 Å². The van der Waals surface area contributed by atoms with Crippen molar-refractivity contribution in [3.8, 4) is 0 Å². The molecule has 1 saturated heterocycles. The van der Waals surface area contributed by atoms with Crippen LogP contribution < -0.4 is 5.32 Å². The highest BCUT2D eigenvalue weighted by Gasteiger charge is 2.28. The van der Waals surface area contributed by atoms with Crippen molar-refractivity contribution in [2.75, 3.05) is 13.1 Å². The molecule has 4 nitrogen and oxygen atoms in total. The van der Waals surface area contributed by atoms with Gasteiger partial charge in [-0.05, 0) is 54.4 Å². The van der Waals surface area contributed by atoms with Crippen LogP contribution in [0.2, 0.25) is 0 Å². The van der Waals surface area contributed by atoms with Gasteiger partial charge in [0.2, 0.25) is 11.8 Å². The van der Waals surface area contributed by atoms with Gasteiger partial charge in [0.05, 0.1) is 6.42 Å². The van der Waals surface area contributed by atoms with E-state index in [1.165, 1.54) is 17.5 Å². The summed E-state index contributed by atoms with van der Waals surface area (Å²) in [6.07, 6.45) is 6.41. The van der Waals surface area contributed by atoms with Gasteiger partial charge in [0.25, 0.3) is 0 Å². The van der Waals surface area contributed by atoms with E-state index in [0.717, 1.165) is 49.9 Å². The molecule has 0 aromatic heterocycles. The molecule has 2 aromatic carbocycles. The van der Waals surface area contributed by atoms with Crippen molar-refractivity contribution in [2.24, 2.45) is 0 Å². The maximum Gasteiger partial charge on any atom is 0.245 e. The Bertz CT molecular complexity index is 841. The fourth-order valence-corrected chi connectivity index (χ4v) is 4.37. The average molecular weight is 377 g/mol. The summed E-state index contributed by atoms with van der Waals surface area (Å²) in [5.41, 5.74) is 4.89. The number of amides is 2. The minimum atomic E-state index is -0.498. The Labute approximate surface area is 166 Å². The lowest BCUT2D eigenvalue weighted by molar-refractivity contribution is -0.135. The Kier molecular flexibility index (Phi) is 5.75. The van der Waals surface area contributed by atoms with Crippen LogP contribution >= 0.6 is 0 Å². The van der Waals surface area contributed by atoms with E-state index in [1.54, 1.807) is 0 Å². The monoisotopic (exact) mass is 376 g/mol. The topological polar surface area (TPSA) is 49.4 Å². The molecule has 1 aliphatic carbocycles. The van der Waals surface area contributed by atoms with Crippen molar-refractivity contribution >= 4 is 11.8 Å². The Morgan fingerprint density at radius 2 is 1.64 bits per heavy atom. The normalized spacial score (nSPS) is 16.6. The van der Waals surface area contributed by atoms with Crippen molar-refractivity contribution in [1.29, 1.82) is 0 Å². The first kappa shape index (κ1) is 18.7. The summed E-state index contributed by atoms with van der Waals surface area (Å²) in [5, 5.41) is 3.03. The minimum absolute atomic E-state index is 0.0451. The number of aryl methyl sites for hydroxylation is 2. The molecular formula is C24H28N2O2. The van der Waals surface area contributed by atoms with Gasteiger partial charge in [0.15, 0.2) is 0 Å². The molecule has 0 radical (unpaired) electrons. The van der Waals surface area contributed by atoms with E-state index in [0.29, 0.717) is 12.8 Å². The van der Waals surface area contributed by atoms with E-state index in [2.05, 4.69) is 23.5 Å². The number of benzene rings is 2. The zero-order valence-electron chi connectivity index (χ0n) is 16.3. The second-order valence-electron chi connectivity index (χ2n) is 7.98. The third kappa shape index (κ3) is 4.44. The third-order valence-electron chi connectivity index (χ3n) is 5.86. The Morgan fingerprint density at radius 3 is 2.43 bits per heavy atom. The highest BCUT2D eigenvalue weighted by Crippen LogP contribution is 2.23. The SMILES string of the molecule is O=C(Cc1ccc2c(c1)CCC2)NC(Cc1ccccc1)C(=O)N1CCCC1. The third-order valence-corrected chi connectivity index (χ3v) is 5.86. The second-order valence-corrected chi connectivity index (χ2v) is 7.98. The largest absolute Gasteiger partial charge is 0.344 e. The predicted molar refractivity (Wildman–Crippen MR) is 110 cm³/mol. The van der Waals surface area contributed by atoms with Crippen LogP contribution in [0.1, 0.15) is 41.5 Å². The number of nitrogens with zero attached hydrogens (tertiary/aromatic N) is 1. The molecule has 1 atom stereocenters. The van der Waals surface area contributed by atoms with Crippen molar-refractivity contribution in [2.45, 2.75) is 51.0 Å². The molecule has 2 aliphatic rings. The summed E-state index contributed by atoms with van der Waals surface area (Å²) in [7, 11) is 0. The van der Waals surface area contributed by atoms with E-state index in [4.69, 9.17) is 0 Å². The van der Waals surface area contributed by atoms with Crippen LogP contribution in [0.15, 0.2) is 48.5 Å². The van der Waals surface area contributed by atoms with Crippen LogP contribution in [0.25, 0.3) is 0 Å². The van der Waals surface area contributed by atoms with E-state index in [1.807, 2.05) is 35.2 Å². The standard InChI is InChI=1S/C24H28N2O2/c27-23(17-19-11-12-20-9-6-10-21(20)15-19)25-22(16-18-7-2-1-3-8-18)24(28)26-13-4-5-14-26/h1-3,7-8,11-12,15,22H,4-6,9-10,13-14,16-17H2,(H,25,27). The molecule has 1 unspecified atom stereocenters. The summed E-state index contributed by atoms with van der Waals surface area (Å²) < 4.78 is 0. The van der Waals surface area contributed by atoms with Gasteiger partial charge in [-0.15, -0.1) is 0 Å². The Hall–Kier alpha value is -2.62. The molecular weight excluding hydrogens is 348 g/mol. The molecule has 146 valence electrons. The maximum absolute atomic E-state index is 13.0. The van der Waals surface area contributed by atoms with Gasteiger partial charge in [-0.2, -0.15) is 0 Å². The fourth-order valence-electron chi connectivity index (χ4n) is 4.37. The summed E-state index contributed by atoms with van der Waals surface area (Å²) >= 11 is 0. The molecule has 0 spiro atoms. The minimum Gasteiger partial charge on any atom is -0.344 e. The van der Waals surface area contributed by atoms with Crippen molar-refractivity contribution in [3.05, 3.63) is 70.8 Å². The van der Waals surface area contributed by atoms with Crippen LogP contribution in [-0.4, -0.2) is 35.8 Å². The fraction of sp³-hybridized carbons (Fsp3) is 0.417. The molecule has 1 fully saturated rings. The molecule has 1 heterocycles. The lowest BCUT2D eigenvalue weighted by Crippen LogP contribution is -2.49. The first-order valence-corrected chi connectivity index (χ1v) is 10.4. The van der Waals surface area contributed by atoms with Crippen LogP contribution in [0, 0.1) is 0 Å². The number of fused-ring (bicyclic) bond motifs is 1. The average Bonchev–Trinajstić information content (AvgIpc) is 3.39. The molecule has 2 aromatic rings. The molecule has 1 aliphatic heterocycles. The van der Waals surface area contributed by atoms with Gasteiger partial charge < -0.3 is 10.2 Å². The maximum atomic E-state index is 13.0. The number of likely N-dealkylation sites (tertiary alicyclic amines) is 1. The van der Waals surface area contributed by atoms with E-state index < -0.39 is 6.04 Å². The van der Waals surface area contributed by atoms with Crippen molar-refractivity contribution in [1.82, 2.24) is 10.2 Å². The van der Waals surface area contributed by atoms with Crippen LogP contribution in [-0.2, 0) is 35.3 Å². The molecule has 0 bridgehead atoms. The molecule has 28 heavy (non-hydrogen) atoms. The van der Waals surface area contributed by atoms with Gasteiger partial charge >= 0.3 is 0 Å². The van der Waals surface area contributed by atoms with Crippen LogP contribution in [0.5, 0.6) is 0 Å². The van der Waals surface area contributed by atoms with E-state index in [-0.39, 0.29) is 11.8 Å². The lowest BCUT2D eigenvalue weighted by Gasteiger charge is -2.24. The Morgan fingerprint density at radius 1 is 0.893 bits per heavy atom. The van der Waals surface area contributed by atoms with Crippen LogP contribution in [0.4, 0.5) is 0 Å². The highest BCUT2D eigenvalue weighted by molar-refractivity contribution is 5.88. The zero-order valence-corrected chi connectivity index (χ0v) is 16.3. The number of hydrogen-bond donors (Lipinski definition) is 1. The van der Waals surface area contributed by atoms with Gasteiger partial charge in [0, 0.05) is 19.5 Å². The molecule has 0 saturated carbocycles. The lowest BCUT2D eigenvalue weighted by atomic mass is 10.0. The smallest absolute Gasteiger partial charge is 0.245 e. The van der Waals surface area contributed by atoms with Crippen LogP contribution in [0.3, 0.4) is 0 Å². The Balaban J connectivity index is 1.44. The van der Waals surface area contributed by atoms with Gasteiger partial charge in [-0.1, -0.05) is 48.5 Å². The number of hydrogen-bond acceptors (Lipinski definition) is 2. The van der Waals surface area contributed by atoms with E-state index >= 15 is 0 Å². The summed E-state index contributed by atoms with van der Waals surface area (Å²) in [5.74, 6) is -0.0323. The number of rotatable bonds is 6.